The Labute approximate surface area is 147 Å². The van der Waals surface area contributed by atoms with Crippen molar-refractivity contribution in [1.29, 1.82) is 0 Å². The maximum Gasteiger partial charge on any atom is 0.138 e. The second-order valence-electron chi connectivity index (χ2n) is 6.66. The van der Waals surface area contributed by atoms with Gasteiger partial charge in [0.1, 0.15) is 18.5 Å². The van der Waals surface area contributed by atoms with E-state index < -0.39 is 0 Å². The van der Waals surface area contributed by atoms with Gasteiger partial charge in [0, 0.05) is 37.7 Å². The van der Waals surface area contributed by atoms with Crippen molar-refractivity contribution in [3.05, 3.63) is 54.2 Å². The van der Waals surface area contributed by atoms with Crippen LogP contribution in [0.3, 0.4) is 0 Å². The van der Waals surface area contributed by atoms with Gasteiger partial charge in [-0.05, 0) is 31.5 Å². The zero-order chi connectivity index (χ0) is 17.2. The van der Waals surface area contributed by atoms with Crippen LogP contribution in [-0.2, 0) is 6.54 Å². The first-order valence-electron chi connectivity index (χ1n) is 8.66. The first kappa shape index (κ1) is 15.8. The average Bonchev–Trinajstić information content (AvgIpc) is 3.28. The molecule has 3 aromatic rings. The minimum atomic E-state index is 0.297. The van der Waals surface area contributed by atoms with Gasteiger partial charge in [0.05, 0.1) is 11.4 Å². The van der Waals surface area contributed by atoms with Gasteiger partial charge in [-0.1, -0.05) is 12.1 Å². The first-order valence-corrected chi connectivity index (χ1v) is 8.66. The van der Waals surface area contributed by atoms with E-state index in [4.69, 9.17) is 0 Å². The smallest absolute Gasteiger partial charge is 0.138 e. The van der Waals surface area contributed by atoms with Crippen LogP contribution in [0.2, 0.25) is 0 Å². The number of nitrogens with zero attached hydrogens (tertiary/aromatic N) is 5. The molecule has 0 fully saturated rings. The van der Waals surface area contributed by atoms with Crippen molar-refractivity contribution in [1.82, 2.24) is 29.9 Å². The molecular formula is C18H23N7. The van der Waals surface area contributed by atoms with Crippen LogP contribution in [0.4, 0.5) is 5.82 Å². The van der Waals surface area contributed by atoms with Crippen molar-refractivity contribution in [2.75, 3.05) is 18.4 Å². The summed E-state index contributed by atoms with van der Waals surface area (Å²) in [6.07, 6.45) is 3.25. The molecule has 0 amide bonds. The number of aryl methyl sites for hydroxylation is 1. The van der Waals surface area contributed by atoms with Gasteiger partial charge in [0.15, 0.2) is 0 Å². The topological polar surface area (TPSA) is 72.6 Å². The van der Waals surface area contributed by atoms with Gasteiger partial charge in [0.2, 0.25) is 0 Å². The number of aromatic nitrogens is 5. The van der Waals surface area contributed by atoms with Crippen molar-refractivity contribution in [2.45, 2.75) is 26.4 Å². The van der Waals surface area contributed by atoms with Crippen LogP contribution in [0.15, 0.2) is 43.0 Å². The summed E-state index contributed by atoms with van der Waals surface area (Å²) in [7, 11) is 0. The second kappa shape index (κ2) is 6.68. The quantitative estimate of drug-likeness (QED) is 0.746. The molecule has 0 radical (unpaired) electrons. The van der Waals surface area contributed by atoms with E-state index in [1.165, 1.54) is 5.56 Å². The summed E-state index contributed by atoms with van der Waals surface area (Å²) in [5, 5.41) is 15.8. The molecule has 1 aliphatic heterocycles. The lowest BCUT2D eigenvalue weighted by Gasteiger charge is -2.26. The third kappa shape index (κ3) is 3.41. The number of hydrogen-bond acceptors (Lipinski definition) is 5. The fourth-order valence-corrected chi connectivity index (χ4v) is 3.24. The molecule has 3 heterocycles. The Morgan fingerprint density at radius 2 is 2.16 bits per heavy atom. The fraction of sp³-hybridized carbons (Fsp3) is 0.389. The van der Waals surface area contributed by atoms with Gasteiger partial charge in [-0.3, -0.25) is 0 Å². The fourth-order valence-electron chi connectivity index (χ4n) is 3.24. The van der Waals surface area contributed by atoms with Crippen molar-refractivity contribution in [2.24, 2.45) is 5.92 Å². The van der Waals surface area contributed by atoms with Crippen LogP contribution in [0.5, 0.6) is 0 Å². The van der Waals surface area contributed by atoms with E-state index in [2.05, 4.69) is 67.8 Å². The van der Waals surface area contributed by atoms with Crippen molar-refractivity contribution >= 4 is 5.82 Å². The molecule has 1 aromatic carbocycles. The summed E-state index contributed by atoms with van der Waals surface area (Å²) in [5.74, 6) is 1.66. The van der Waals surface area contributed by atoms with Crippen molar-refractivity contribution < 1.29 is 0 Å². The number of benzene rings is 1. The molecule has 2 aromatic heterocycles. The summed E-state index contributed by atoms with van der Waals surface area (Å²) >= 11 is 0. The first-order chi connectivity index (χ1) is 12.2. The van der Waals surface area contributed by atoms with E-state index in [9.17, 15) is 0 Å². The Hall–Kier alpha value is -2.67. The highest BCUT2D eigenvalue weighted by Crippen LogP contribution is 2.20. The molecule has 25 heavy (non-hydrogen) atoms. The Morgan fingerprint density at radius 1 is 1.32 bits per heavy atom. The van der Waals surface area contributed by atoms with Crippen LogP contribution < -0.4 is 10.6 Å². The number of nitrogens with one attached hydrogen (secondary N) is 2. The molecule has 1 aliphatic rings. The van der Waals surface area contributed by atoms with Crippen LogP contribution in [-0.4, -0.2) is 37.6 Å². The zero-order valence-electron chi connectivity index (χ0n) is 14.6. The molecule has 4 rings (SSSR count). The standard InChI is InChI=1S/C18H23N7/c1-13-7-18-21-9-15(10-24(18)23-13)8-20-14(2)16-3-5-17(6-4-16)25-12-19-11-22-25/h3-7,11-12,14-15,20-21H,8-10H2,1-2H3. The third-order valence-corrected chi connectivity index (χ3v) is 4.69. The summed E-state index contributed by atoms with van der Waals surface area (Å²) in [6.45, 7) is 7.13. The van der Waals surface area contributed by atoms with Gasteiger partial charge in [-0.15, -0.1) is 0 Å². The van der Waals surface area contributed by atoms with Crippen LogP contribution in [0.25, 0.3) is 5.69 Å². The largest absolute Gasteiger partial charge is 0.370 e. The molecule has 0 spiro atoms. The SMILES string of the molecule is Cc1cc2n(n1)CC(CNC(C)c1ccc(-n3cncn3)cc1)CN2. The van der Waals surface area contributed by atoms with E-state index in [0.717, 1.165) is 36.8 Å². The lowest BCUT2D eigenvalue weighted by atomic mass is 10.1. The minimum absolute atomic E-state index is 0.297. The average molecular weight is 337 g/mol. The molecular weight excluding hydrogens is 314 g/mol. The molecule has 2 atom stereocenters. The van der Waals surface area contributed by atoms with Crippen molar-refractivity contribution in [3.8, 4) is 5.69 Å². The van der Waals surface area contributed by atoms with E-state index in [-0.39, 0.29) is 0 Å². The van der Waals surface area contributed by atoms with E-state index in [0.29, 0.717) is 12.0 Å². The van der Waals surface area contributed by atoms with Gasteiger partial charge in [-0.2, -0.15) is 10.2 Å². The number of hydrogen-bond donors (Lipinski definition) is 2. The summed E-state index contributed by atoms with van der Waals surface area (Å²) < 4.78 is 3.84. The highest BCUT2D eigenvalue weighted by atomic mass is 15.3. The van der Waals surface area contributed by atoms with Crippen LogP contribution >= 0.6 is 0 Å². The highest BCUT2D eigenvalue weighted by Gasteiger charge is 2.19. The molecule has 2 unspecified atom stereocenters. The van der Waals surface area contributed by atoms with Gasteiger partial charge < -0.3 is 10.6 Å². The Kier molecular flexibility index (Phi) is 4.23. The summed E-state index contributed by atoms with van der Waals surface area (Å²) in [5.41, 5.74) is 3.35. The summed E-state index contributed by atoms with van der Waals surface area (Å²) in [6, 6.07) is 10.8. The normalized spacial score (nSPS) is 17.8. The van der Waals surface area contributed by atoms with E-state index in [1.807, 2.05) is 6.92 Å². The number of rotatable bonds is 5. The monoisotopic (exact) mass is 337 g/mol. The third-order valence-electron chi connectivity index (χ3n) is 4.69. The molecule has 0 aliphatic carbocycles. The number of anilines is 1. The molecule has 7 heteroatoms. The molecule has 0 saturated carbocycles. The molecule has 0 saturated heterocycles. The molecule has 2 N–H and O–H groups in total. The molecule has 0 bridgehead atoms. The van der Waals surface area contributed by atoms with E-state index in [1.54, 1.807) is 17.3 Å². The predicted molar refractivity (Wildman–Crippen MR) is 96.7 cm³/mol. The second-order valence-corrected chi connectivity index (χ2v) is 6.66. The molecule has 7 nitrogen and oxygen atoms in total. The zero-order valence-corrected chi connectivity index (χ0v) is 14.6. The Morgan fingerprint density at radius 3 is 2.92 bits per heavy atom. The minimum Gasteiger partial charge on any atom is -0.370 e. The van der Waals surface area contributed by atoms with Crippen LogP contribution in [0, 0.1) is 12.8 Å². The summed E-state index contributed by atoms with van der Waals surface area (Å²) in [4.78, 5) is 3.98. The van der Waals surface area contributed by atoms with E-state index >= 15 is 0 Å². The maximum absolute atomic E-state index is 4.53. The van der Waals surface area contributed by atoms with Gasteiger partial charge in [-0.25, -0.2) is 14.3 Å². The van der Waals surface area contributed by atoms with Gasteiger partial charge >= 0.3 is 0 Å². The lowest BCUT2D eigenvalue weighted by Crippen LogP contribution is -2.36. The highest BCUT2D eigenvalue weighted by molar-refractivity contribution is 5.38. The Balaban J connectivity index is 1.34. The predicted octanol–water partition coefficient (Wildman–Crippen LogP) is 2.16. The van der Waals surface area contributed by atoms with Gasteiger partial charge in [0.25, 0.3) is 0 Å². The number of fused-ring (bicyclic) bond motifs is 1. The van der Waals surface area contributed by atoms with Crippen LogP contribution in [0.1, 0.15) is 24.2 Å². The van der Waals surface area contributed by atoms with Crippen molar-refractivity contribution in [3.63, 3.8) is 0 Å². The lowest BCUT2D eigenvalue weighted by molar-refractivity contribution is 0.375. The molecule has 130 valence electrons. The Bertz CT molecular complexity index is 820. The maximum atomic E-state index is 4.53.